The molecule has 0 bridgehead atoms. The molecular weight excluding hydrogens is 327 g/mol. The van der Waals surface area contributed by atoms with Crippen LogP contribution in [0.5, 0.6) is 0 Å². The molecule has 1 saturated heterocycles. The second kappa shape index (κ2) is 4.93. The van der Waals surface area contributed by atoms with Gasteiger partial charge in [0.15, 0.2) is 0 Å². The number of nitrogens with zero attached hydrogens (tertiary/aromatic N) is 1. The van der Waals surface area contributed by atoms with Gasteiger partial charge in [0.2, 0.25) is 5.91 Å². The van der Waals surface area contributed by atoms with Gasteiger partial charge in [-0.1, -0.05) is 0 Å². The Morgan fingerprint density at radius 2 is 1.90 bits per heavy atom. The summed E-state index contributed by atoms with van der Waals surface area (Å²) in [5.41, 5.74) is 5.50. The number of nitrogen functional groups attached to an aromatic ring is 1. The van der Waals surface area contributed by atoms with Gasteiger partial charge in [0, 0.05) is 13.0 Å². The van der Waals surface area contributed by atoms with Crippen molar-refractivity contribution in [2.75, 3.05) is 17.2 Å². The minimum Gasteiger partial charge on any atom is -0.397 e. The molecule has 3 N–H and O–H groups in total. The highest BCUT2D eigenvalue weighted by molar-refractivity contribution is 7.87. The fourth-order valence-corrected chi connectivity index (χ4v) is 3.22. The average molecular weight is 338 g/mol. The smallest absolute Gasteiger partial charge is 0.307 e. The molecule has 8 nitrogen and oxygen atoms in total. The normalized spacial score (nSPS) is 20.0. The summed E-state index contributed by atoms with van der Waals surface area (Å²) in [6.07, 6.45) is -0.516. The van der Waals surface area contributed by atoms with Crippen LogP contribution in [0, 0.1) is 0 Å². The molecule has 1 aromatic carbocycles. The van der Waals surface area contributed by atoms with E-state index in [0.29, 0.717) is 0 Å². The average Bonchev–Trinajstić information content (AvgIpc) is 2.70. The first kappa shape index (κ1) is 15.7. The molecule has 0 aliphatic carbocycles. The van der Waals surface area contributed by atoms with E-state index in [1.165, 1.54) is 0 Å². The third-order valence-electron chi connectivity index (χ3n) is 3.08. The van der Waals surface area contributed by atoms with Crippen molar-refractivity contribution in [2.24, 2.45) is 0 Å². The predicted molar refractivity (Wildman–Crippen MR) is 71.5 cm³/mol. The summed E-state index contributed by atoms with van der Waals surface area (Å²) < 4.78 is 65.4. The summed E-state index contributed by atoms with van der Waals surface area (Å²) in [7, 11) is -9.31. The molecule has 116 valence electrons. The van der Waals surface area contributed by atoms with Gasteiger partial charge in [-0.2, -0.15) is 16.8 Å². The summed E-state index contributed by atoms with van der Waals surface area (Å²) in [5, 5.41) is -1.48. The second-order valence-corrected chi connectivity index (χ2v) is 7.54. The Balaban J connectivity index is 2.38. The Hall–Kier alpha value is -1.72. The number of anilines is 2. The molecule has 1 heterocycles. The van der Waals surface area contributed by atoms with Crippen LogP contribution in [0.1, 0.15) is 6.42 Å². The van der Waals surface area contributed by atoms with E-state index < -0.39 is 49.4 Å². The zero-order valence-corrected chi connectivity index (χ0v) is 12.1. The highest BCUT2D eigenvalue weighted by atomic mass is 32.3. The largest absolute Gasteiger partial charge is 0.397 e. The van der Waals surface area contributed by atoms with Gasteiger partial charge in [-0.15, -0.1) is 3.89 Å². The number of amides is 1. The lowest BCUT2D eigenvalue weighted by atomic mass is 10.2. The number of carbonyl (C=O) groups is 1. The maximum atomic E-state index is 12.9. The third-order valence-corrected chi connectivity index (χ3v) is 5.04. The Bertz CT molecular complexity index is 805. The van der Waals surface area contributed by atoms with Gasteiger partial charge in [0.05, 0.1) is 16.3 Å². The minimum absolute atomic E-state index is 0.0542. The van der Waals surface area contributed by atoms with E-state index >= 15 is 0 Å². The zero-order valence-electron chi connectivity index (χ0n) is 10.4. The van der Waals surface area contributed by atoms with Crippen LogP contribution in [0.2, 0.25) is 0 Å². The summed E-state index contributed by atoms with van der Waals surface area (Å²) in [5.74, 6) is -0.646. The van der Waals surface area contributed by atoms with Crippen molar-refractivity contribution in [3.05, 3.63) is 18.2 Å². The van der Waals surface area contributed by atoms with Crippen LogP contribution in [-0.2, 0) is 25.1 Å². The van der Waals surface area contributed by atoms with Crippen molar-refractivity contribution in [3.63, 3.8) is 0 Å². The fraction of sp³-hybridized carbons (Fsp3) is 0.300. The second-order valence-electron chi connectivity index (χ2n) is 4.50. The number of hydrogen-bond acceptors (Lipinski definition) is 6. The number of carbonyl (C=O) groups excluding carboxylic acids is 1. The maximum Gasteiger partial charge on any atom is 0.307 e. The number of halogens is 1. The number of benzene rings is 1. The van der Waals surface area contributed by atoms with Crippen molar-refractivity contribution in [3.8, 4) is 0 Å². The summed E-state index contributed by atoms with van der Waals surface area (Å²) in [6.45, 7) is -0.410. The first-order chi connectivity index (χ1) is 9.50. The van der Waals surface area contributed by atoms with Crippen LogP contribution in [0.15, 0.2) is 23.1 Å². The van der Waals surface area contributed by atoms with Gasteiger partial charge in [-0.3, -0.25) is 9.35 Å². The van der Waals surface area contributed by atoms with E-state index in [1.807, 2.05) is 0 Å². The van der Waals surface area contributed by atoms with Crippen LogP contribution in [0.3, 0.4) is 0 Å². The fourth-order valence-electron chi connectivity index (χ4n) is 2.04. The number of hydrogen-bond donors (Lipinski definition) is 2. The van der Waals surface area contributed by atoms with Crippen LogP contribution >= 0.6 is 0 Å². The highest BCUT2D eigenvalue weighted by Crippen LogP contribution is 2.31. The first-order valence-electron chi connectivity index (χ1n) is 5.61. The number of nitrogens with two attached hydrogens (primary N) is 1. The van der Waals surface area contributed by atoms with Crippen LogP contribution in [-0.4, -0.2) is 39.1 Å². The zero-order chi connectivity index (χ0) is 16.0. The molecule has 1 amide bonds. The van der Waals surface area contributed by atoms with Gasteiger partial charge in [0.1, 0.15) is 5.25 Å². The van der Waals surface area contributed by atoms with Crippen molar-refractivity contribution < 1.29 is 30.1 Å². The van der Waals surface area contributed by atoms with Gasteiger partial charge in [-0.25, -0.2) is 0 Å². The summed E-state index contributed by atoms with van der Waals surface area (Å²) in [4.78, 5) is 12.2. The Morgan fingerprint density at radius 3 is 2.33 bits per heavy atom. The molecule has 1 unspecified atom stereocenters. The Kier molecular flexibility index (Phi) is 3.68. The van der Waals surface area contributed by atoms with Crippen LogP contribution in [0.25, 0.3) is 0 Å². The lowest BCUT2D eigenvalue weighted by Crippen LogP contribution is -2.27. The molecule has 0 aromatic heterocycles. The molecule has 1 aliphatic heterocycles. The third kappa shape index (κ3) is 3.14. The monoisotopic (exact) mass is 338 g/mol. The highest BCUT2D eigenvalue weighted by Gasteiger charge is 2.39. The van der Waals surface area contributed by atoms with Crippen molar-refractivity contribution >= 4 is 37.6 Å². The number of rotatable bonds is 3. The van der Waals surface area contributed by atoms with Gasteiger partial charge in [0.25, 0.3) is 10.1 Å². The lowest BCUT2D eigenvalue weighted by Gasteiger charge is -2.18. The van der Waals surface area contributed by atoms with Crippen molar-refractivity contribution in [2.45, 2.75) is 16.6 Å². The van der Waals surface area contributed by atoms with E-state index in [-0.39, 0.29) is 11.4 Å². The SMILES string of the molecule is Nc1cc(S(=O)(=O)O)ccc1N1CC(S(=O)(=O)F)CC1=O. The molecule has 1 atom stereocenters. The topological polar surface area (TPSA) is 135 Å². The summed E-state index contributed by atoms with van der Waals surface area (Å²) >= 11 is 0. The van der Waals surface area contributed by atoms with E-state index in [9.17, 15) is 25.5 Å². The molecule has 0 saturated carbocycles. The molecule has 0 radical (unpaired) electrons. The first-order valence-corrected chi connectivity index (χ1v) is 8.49. The lowest BCUT2D eigenvalue weighted by molar-refractivity contribution is -0.117. The van der Waals surface area contributed by atoms with Crippen LogP contribution in [0.4, 0.5) is 15.3 Å². The molecule has 1 fully saturated rings. The molecule has 2 rings (SSSR count). The van der Waals surface area contributed by atoms with Gasteiger partial charge >= 0.3 is 10.2 Å². The molecule has 1 aromatic rings. The van der Waals surface area contributed by atoms with E-state index in [4.69, 9.17) is 10.3 Å². The van der Waals surface area contributed by atoms with Gasteiger partial charge in [-0.05, 0) is 18.2 Å². The van der Waals surface area contributed by atoms with Crippen molar-refractivity contribution in [1.82, 2.24) is 0 Å². The van der Waals surface area contributed by atoms with Gasteiger partial charge < -0.3 is 10.6 Å². The predicted octanol–water partition coefficient (Wildman–Crippen LogP) is -0.0799. The Labute approximate surface area is 120 Å². The standard InChI is InChI=1S/C10H11FN2O6S2/c11-20(15,16)7-4-10(14)13(5-7)9-2-1-6(3-8(9)12)21(17,18)19/h1-3,7H,4-5,12H2,(H,17,18,19). The molecule has 11 heteroatoms. The van der Waals surface area contributed by atoms with E-state index in [2.05, 4.69) is 0 Å². The van der Waals surface area contributed by atoms with E-state index in [0.717, 1.165) is 23.1 Å². The Morgan fingerprint density at radius 1 is 1.29 bits per heavy atom. The van der Waals surface area contributed by atoms with E-state index in [1.54, 1.807) is 0 Å². The van der Waals surface area contributed by atoms with Crippen molar-refractivity contribution in [1.29, 1.82) is 0 Å². The maximum absolute atomic E-state index is 12.9. The molecular formula is C10H11FN2O6S2. The minimum atomic E-state index is -4.86. The molecule has 1 aliphatic rings. The molecule has 21 heavy (non-hydrogen) atoms. The summed E-state index contributed by atoms with van der Waals surface area (Å²) in [6, 6.07) is 3.07. The quantitative estimate of drug-likeness (QED) is 0.447. The molecule has 0 spiro atoms. The van der Waals surface area contributed by atoms with Crippen LogP contribution < -0.4 is 10.6 Å².